The van der Waals surface area contributed by atoms with Crippen LogP contribution in [-0.2, 0) is 14.4 Å². The van der Waals surface area contributed by atoms with Crippen molar-refractivity contribution in [1.29, 1.82) is 0 Å². The van der Waals surface area contributed by atoms with Crippen LogP contribution in [-0.4, -0.2) is 25.7 Å². The molecule has 1 N–H and O–H groups in total. The van der Waals surface area contributed by atoms with Gasteiger partial charge in [-0.25, -0.2) is 0 Å². The highest BCUT2D eigenvalue weighted by atomic mass is 16.6. The van der Waals surface area contributed by atoms with Gasteiger partial charge in [0.15, 0.2) is 0 Å². The fraction of sp³-hybridized carbons (Fsp3) is 0.875. The van der Waals surface area contributed by atoms with Gasteiger partial charge in [-0.2, -0.15) is 5.48 Å². The van der Waals surface area contributed by atoms with E-state index in [-0.39, 0.29) is 17.9 Å². The molecule has 0 aliphatic heterocycles. The summed E-state index contributed by atoms with van der Waals surface area (Å²) in [6.07, 6.45) is 0. The molecule has 0 bridgehead atoms. The zero-order chi connectivity index (χ0) is 9.56. The van der Waals surface area contributed by atoms with Crippen LogP contribution in [0.4, 0.5) is 0 Å². The lowest BCUT2D eigenvalue weighted by molar-refractivity contribution is -0.151. The molecule has 0 spiro atoms. The average molecular weight is 175 g/mol. The third-order valence-corrected chi connectivity index (χ3v) is 1.45. The van der Waals surface area contributed by atoms with Crippen molar-refractivity contribution >= 4 is 5.97 Å². The van der Waals surface area contributed by atoms with Gasteiger partial charge in [-0.15, -0.1) is 0 Å². The van der Waals surface area contributed by atoms with E-state index in [1.54, 1.807) is 6.92 Å². The Morgan fingerprint density at radius 1 is 1.50 bits per heavy atom. The first-order valence-corrected chi connectivity index (χ1v) is 4.08. The van der Waals surface area contributed by atoms with Crippen LogP contribution in [0.3, 0.4) is 0 Å². The van der Waals surface area contributed by atoms with Crippen LogP contribution in [0.5, 0.6) is 0 Å². The molecular formula is C8H17NO3. The smallest absolute Gasteiger partial charge is 0.325 e. The van der Waals surface area contributed by atoms with Gasteiger partial charge in [-0.3, -0.25) is 4.79 Å². The second kappa shape index (κ2) is 5.97. The summed E-state index contributed by atoms with van der Waals surface area (Å²) in [4.78, 5) is 15.9. The van der Waals surface area contributed by atoms with Gasteiger partial charge >= 0.3 is 5.97 Å². The maximum Gasteiger partial charge on any atom is 0.325 e. The van der Waals surface area contributed by atoms with E-state index in [1.807, 2.05) is 13.8 Å². The van der Waals surface area contributed by atoms with Crippen molar-refractivity contribution in [2.75, 3.05) is 13.7 Å². The summed E-state index contributed by atoms with van der Waals surface area (Å²) in [5.74, 6) is -0.113. The Kier molecular flexibility index (Phi) is 5.66. The van der Waals surface area contributed by atoms with Crippen molar-refractivity contribution in [3.05, 3.63) is 0 Å². The molecule has 0 unspecified atom stereocenters. The molecule has 0 aromatic rings. The van der Waals surface area contributed by atoms with Gasteiger partial charge in [0.25, 0.3) is 0 Å². The molecule has 0 aromatic heterocycles. The van der Waals surface area contributed by atoms with Crippen LogP contribution in [0.2, 0.25) is 0 Å². The van der Waals surface area contributed by atoms with Crippen molar-refractivity contribution in [2.45, 2.75) is 26.8 Å². The Morgan fingerprint density at radius 2 is 2.08 bits per heavy atom. The van der Waals surface area contributed by atoms with Crippen LogP contribution >= 0.6 is 0 Å². The average Bonchev–Trinajstić information content (AvgIpc) is 1.99. The summed E-state index contributed by atoms with van der Waals surface area (Å²) in [6.45, 7) is 6.02. The standard InChI is InChI=1S/C8H17NO3/c1-5-12-8(10)7(6(2)3)9-11-4/h6-7,9H,5H2,1-4H3/t7-/m1/s1. The number of hydrogen-bond donors (Lipinski definition) is 1. The van der Waals surface area contributed by atoms with E-state index in [2.05, 4.69) is 10.3 Å². The molecule has 72 valence electrons. The Balaban J connectivity index is 4.00. The van der Waals surface area contributed by atoms with E-state index in [0.29, 0.717) is 6.61 Å². The summed E-state index contributed by atoms with van der Waals surface area (Å²) in [5, 5.41) is 0. The number of carbonyl (C=O) groups is 1. The van der Waals surface area contributed by atoms with E-state index in [9.17, 15) is 4.79 Å². The molecule has 4 heteroatoms. The number of ether oxygens (including phenoxy) is 1. The highest BCUT2D eigenvalue weighted by molar-refractivity contribution is 5.75. The van der Waals surface area contributed by atoms with Gasteiger partial charge in [0, 0.05) is 0 Å². The lowest BCUT2D eigenvalue weighted by atomic mass is 10.1. The molecule has 0 aromatic carbocycles. The first kappa shape index (κ1) is 11.4. The lowest BCUT2D eigenvalue weighted by Gasteiger charge is -2.18. The first-order valence-electron chi connectivity index (χ1n) is 4.08. The highest BCUT2D eigenvalue weighted by Crippen LogP contribution is 2.03. The van der Waals surface area contributed by atoms with Gasteiger partial charge < -0.3 is 9.57 Å². The highest BCUT2D eigenvalue weighted by Gasteiger charge is 2.22. The molecule has 0 amide bonds. The minimum absolute atomic E-state index is 0.156. The SMILES string of the molecule is CCOC(=O)[C@H](NOC)C(C)C. The van der Waals surface area contributed by atoms with Crippen molar-refractivity contribution in [1.82, 2.24) is 5.48 Å². The van der Waals surface area contributed by atoms with Crippen LogP contribution in [0, 0.1) is 5.92 Å². The van der Waals surface area contributed by atoms with Crippen LogP contribution in [0.15, 0.2) is 0 Å². The molecule has 4 nitrogen and oxygen atoms in total. The molecule has 0 saturated carbocycles. The molecule has 0 fully saturated rings. The summed E-state index contributed by atoms with van der Waals surface area (Å²) in [5.41, 5.74) is 2.59. The topological polar surface area (TPSA) is 47.6 Å². The second-order valence-corrected chi connectivity index (χ2v) is 2.80. The fourth-order valence-corrected chi connectivity index (χ4v) is 0.815. The van der Waals surface area contributed by atoms with Crippen molar-refractivity contribution < 1.29 is 14.4 Å². The molecule has 0 aliphatic carbocycles. The summed E-state index contributed by atoms with van der Waals surface area (Å²) in [6, 6.07) is -0.380. The molecule has 0 saturated heterocycles. The number of esters is 1. The second-order valence-electron chi connectivity index (χ2n) is 2.80. The minimum atomic E-state index is -0.380. The maximum atomic E-state index is 11.2. The van der Waals surface area contributed by atoms with Crippen LogP contribution < -0.4 is 5.48 Å². The Bertz CT molecular complexity index is 136. The molecule has 12 heavy (non-hydrogen) atoms. The van der Waals surface area contributed by atoms with Gasteiger partial charge in [0.1, 0.15) is 6.04 Å². The summed E-state index contributed by atoms with van der Waals surface area (Å²) < 4.78 is 4.84. The van der Waals surface area contributed by atoms with Crippen molar-refractivity contribution in [2.24, 2.45) is 5.92 Å². The molecule has 0 rings (SSSR count). The number of hydroxylamine groups is 1. The molecule has 1 atom stereocenters. The normalized spacial score (nSPS) is 13.1. The van der Waals surface area contributed by atoms with Gasteiger partial charge in [0.05, 0.1) is 13.7 Å². The number of carbonyl (C=O) groups excluding carboxylic acids is 1. The quantitative estimate of drug-likeness (QED) is 0.494. The van der Waals surface area contributed by atoms with E-state index in [4.69, 9.17) is 4.74 Å². The predicted octanol–water partition coefficient (Wildman–Crippen LogP) is 0.725. The molecular weight excluding hydrogens is 158 g/mol. The number of nitrogens with one attached hydrogen (secondary N) is 1. The lowest BCUT2D eigenvalue weighted by Crippen LogP contribution is -2.41. The van der Waals surface area contributed by atoms with Gasteiger partial charge in [-0.1, -0.05) is 13.8 Å². The maximum absolute atomic E-state index is 11.2. The molecule has 0 aliphatic rings. The van der Waals surface area contributed by atoms with Gasteiger partial charge in [-0.05, 0) is 12.8 Å². The minimum Gasteiger partial charge on any atom is -0.465 e. The Morgan fingerprint density at radius 3 is 2.42 bits per heavy atom. The van der Waals surface area contributed by atoms with Crippen LogP contribution in [0.1, 0.15) is 20.8 Å². The predicted molar refractivity (Wildman–Crippen MR) is 45.4 cm³/mol. The van der Waals surface area contributed by atoms with Gasteiger partial charge in [0.2, 0.25) is 0 Å². The summed E-state index contributed by atoms with van der Waals surface area (Å²) in [7, 11) is 1.48. The van der Waals surface area contributed by atoms with E-state index in [0.717, 1.165) is 0 Å². The first-order chi connectivity index (χ1) is 5.63. The van der Waals surface area contributed by atoms with E-state index >= 15 is 0 Å². The van der Waals surface area contributed by atoms with Crippen molar-refractivity contribution in [3.8, 4) is 0 Å². The zero-order valence-electron chi connectivity index (χ0n) is 8.09. The monoisotopic (exact) mass is 175 g/mol. The largest absolute Gasteiger partial charge is 0.465 e. The Labute approximate surface area is 73.2 Å². The van der Waals surface area contributed by atoms with E-state index in [1.165, 1.54) is 7.11 Å². The van der Waals surface area contributed by atoms with Crippen LogP contribution in [0.25, 0.3) is 0 Å². The number of rotatable bonds is 5. The van der Waals surface area contributed by atoms with E-state index < -0.39 is 0 Å². The third kappa shape index (κ3) is 3.69. The Hall–Kier alpha value is -0.610. The summed E-state index contributed by atoms with van der Waals surface area (Å²) >= 11 is 0. The number of hydrogen-bond acceptors (Lipinski definition) is 4. The molecule has 0 heterocycles. The molecule has 0 radical (unpaired) electrons. The fourth-order valence-electron chi connectivity index (χ4n) is 0.815. The van der Waals surface area contributed by atoms with Crippen molar-refractivity contribution in [3.63, 3.8) is 0 Å². The third-order valence-electron chi connectivity index (χ3n) is 1.45. The zero-order valence-corrected chi connectivity index (χ0v) is 8.09.